The van der Waals surface area contributed by atoms with Crippen molar-refractivity contribution in [2.45, 2.75) is 19.6 Å². The Morgan fingerprint density at radius 2 is 1.14 bits per heavy atom. The fourth-order valence-corrected chi connectivity index (χ4v) is 6.49. The van der Waals surface area contributed by atoms with Crippen LogP contribution in [-0.2, 0) is 6.54 Å². The minimum absolute atomic E-state index is 0.369. The number of anilines is 1. The Bertz CT molecular complexity index is 2270. The molecule has 0 saturated carbocycles. The summed E-state index contributed by atoms with van der Waals surface area (Å²) in [6.45, 7) is 2.54. The highest BCUT2D eigenvalue weighted by molar-refractivity contribution is 6.05. The van der Waals surface area contributed by atoms with E-state index in [0.717, 1.165) is 44.9 Å². The Morgan fingerprint density at radius 3 is 1.74 bits per heavy atom. The van der Waals surface area contributed by atoms with Gasteiger partial charge in [0.05, 0.1) is 6.54 Å². The van der Waals surface area contributed by atoms with E-state index in [4.69, 9.17) is 16.5 Å². The third-order valence-electron chi connectivity index (χ3n) is 9.09. The number of benzene rings is 7. The van der Waals surface area contributed by atoms with Gasteiger partial charge in [0.2, 0.25) is 0 Å². The van der Waals surface area contributed by atoms with Crippen LogP contribution in [0, 0.1) is 0 Å². The maximum atomic E-state index is 6.53. The zero-order chi connectivity index (χ0) is 34.3. The lowest BCUT2D eigenvalue weighted by atomic mass is 9.90. The van der Waals surface area contributed by atoms with Gasteiger partial charge < -0.3 is 16.8 Å². The van der Waals surface area contributed by atoms with Crippen LogP contribution in [-0.4, -0.2) is 5.84 Å². The fourth-order valence-electron chi connectivity index (χ4n) is 6.49. The van der Waals surface area contributed by atoms with E-state index in [1.807, 2.05) is 73.7 Å². The molecule has 7 aromatic rings. The molecule has 0 aliphatic carbocycles. The van der Waals surface area contributed by atoms with Gasteiger partial charge in [0.15, 0.2) is 0 Å². The molecule has 0 fully saturated rings. The van der Waals surface area contributed by atoms with E-state index >= 15 is 0 Å². The van der Waals surface area contributed by atoms with Gasteiger partial charge in [-0.3, -0.25) is 4.99 Å². The first-order chi connectivity index (χ1) is 24.6. The van der Waals surface area contributed by atoms with Crippen LogP contribution in [0.1, 0.15) is 35.3 Å². The van der Waals surface area contributed by atoms with Gasteiger partial charge in [-0.1, -0.05) is 170 Å². The second-order valence-electron chi connectivity index (χ2n) is 12.4. The second-order valence-corrected chi connectivity index (χ2v) is 12.4. The summed E-state index contributed by atoms with van der Waals surface area (Å²) in [5, 5.41) is 5.88. The zero-order valence-electron chi connectivity index (χ0n) is 28.1. The van der Waals surface area contributed by atoms with Gasteiger partial charge in [-0.15, -0.1) is 0 Å². The van der Waals surface area contributed by atoms with Gasteiger partial charge in [0, 0.05) is 16.8 Å². The number of hydrogen-bond donors (Lipinski definition) is 3. The molecule has 0 radical (unpaired) electrons. The van der Waals surface area contributed by atoms with Gasteiger partial charge in [-0.2, -0.15) is 0 Å². The highest BCUT2D eigenvalue weighted by Gasteiger charge is 2.13. The number of nitrogen functional groups attached to an aromatic ring is 1. The summed E-state index contributed by atoms with van der Waals surface area (Å²) >= 11 is 0. The summed E-state index contributed by atoms with van der Waals surface area (Å²) in [6.07, 6.45) is 3.74. The van der Waals surface area contributed by atoms with E-state index in [9.17, 15) is 0 Å². The Morgan fingerprint density at radius 1 is 0.600 bits per heavy atom. The normalized spacial score (nSPS) is 12.3. The third-order valence-corrected chi connectivity index (χ3v) is 9.09. The molecule has 0 amide bonds. The predicted octanol–water partition coefficient (Wildman–Crippen LogP) is 10.6. The highest BCUT2D eigenvalue weighted by Crippen LogP contribution is 2.37. The molecule has 0 aromatic heterocycles. The number of allylic oxidation sites excluding steroid dienone is 1. The SMILES string of the molecule is C/C=C\c1c(N)cccc1-c1ccc(-c2ccc(-c3ccc(C/N=C(\NC(N)c4ccccc4)c4ccccc4)cc3)c3ccccc23)cc1. The van der Waals surface area contributed by atoms with E-state index in [1.165, 1.54) is 33.0 Å². The average Bonchev–Trinajstić information content (AvgIpc) is 3.18. The number of nitrogens with two attached hydrogens (primary N) is 2. The molecule has 1 unspecified atom stereocenters. The first-order valence-corrected chi connectivity index (χ1v) is 17.0. The largest absolute Gasteiger partial charge is 0.398 e. The summed E-state index contributed by atoms with van der Waals surface area (Å²) in [5.41, 5.74) is 24.8. The molecule has 5 N–H and O–H groups in total. The van der Waals surface area contributed by atoms with Crippen LogP contribution in [0.25, 0.3) is 50.2 Å². The molecule has 0 aliphatic heterocycles. The molecule has 0 heterocycles. The molecular weight excluding hydrogens is 609 g/mol. The Balaban J connectivity index is 1.14. The molecule has 0 aliphatic rings. The van der Waals surface area contributed by atoms with Crippen molar-refractivity contribution < 1.29 is 0 Å². The van der Waals surface area contributed by atoms with Gasteiger partial charge in [-0.05, 0) is 68.3 Å². The van der Waals surface area contributed by atoms with Gasteiger partial charge in [0.25, 0.3) is 0 Å². The average molecular weight is 649 g/mol. The number of fused-ring (bicyclic) bond motifs is 1. The van der Waals surface area contributed by atoms with Crippen molar-refractivity contribution in [2.24, 2.45) is 10.7 Å². The number of amidine groups is 1. The smallest absolute Gasteiger partial charge is 0.130 e. The van der Waals surface area contributed by atoms with Crippen LogP contribution in [0.2, 0.25) is 0 Å². The maximum absolute atomic E-state index is 6.53. The van der Waals surface area contributed by atoms with Gasteiger partial charge in [0.1, 0.15) is 12.0 Å². The lowest BCUT2D eigenvalue weighted by molar-refractivity contribution is 0.679. The topological polar surface area (TPSA) is 76.4 Å². The van der Waals surface area contributed by atoms with Crippen molar-refractivity contribution in [2.75, 3.05) is 5.73 Å². The minimum atomic E-state index is -0.369. The molecule has 0 saturated heterocycles. The molecule has 244 valence electrons. The standard InChI is InChI=1S/C46H40N4/c1-2-12-43-38(19-11-20-44(43)47)34-25-27-35(28-26-34)40-30-29-39(41-17-9-10-18-42(40)41)33-23-21-32(22-24-33)31-49-46(37-15-7-4-8-16-37)50-45(48)36-13-5-3-6-14-36/h2-30,45H,31,47-48H2,1H3,(H,49,50)/b12-2-. The quantitative estimate of drug-likeness (QED) is 0.0631. The fraction of sp³-hybridized carbons (Fsp3) is 0.0652. The number of nitrogens with one attached hydrogen (secondary N) is 1. The van der Waals surface area contributed by atoms with Crippen molar-refractivity contribution in [3.05, 3.63) is 192 Å². The van der Waals surface area contributed by atoms with Crippen LogP contribution in [0.4, 0.5) is 5.69 Å². The summed E-state index contributed by atoms with van der Waals surface area (Å²) in [7, 11) is 0. The van der Waals surface area contributed by atoms with E-state index in [2.05, 4.69) is 115 Å². The number of nitrogens with zero attached hydrogens (tertiary/aromatic N) is 1. The molecule has 7 aromatic carbocycles. The molecule has 4 heteroatoms. The van der Waals surface area contributed by atoms with Crippen molar-refractivity contribution in [3.8, 4) is 33.4 Å². The van der Waals surface area contributed by atoms with Crippen molar-refractivity contribution in [3.63, 3.8) is 0 Å². The summed E-state index contributed by atoms with van der Waals surface area (Å²) in [5.74, 6) is 0.770. The van der Waals surface area contributed by atoms with Crippen LogP contribution in [0.15, 0.2) is 175 Å². The highest BCUT2D eigenvalue weighted by atomic mass is 15.1. The predicted molar refractivity (Wildman–Crippen MR) is 213 cm³/mol. The van der Waals surface area contributed by atoms with Crippen molar-refractivity contribution >= 4 is 28.4 Å². The van der Waals surface area contributed by atoms with Crippen LogP contribution >= 0.6 is 0 Å². The second kappa shape index (κ2) is 14.9. The molecule has 0 spiro atoms. The number of hydrogen-bond acceptors (Lipinski definition) is 3. The number of rotatable bonds is 9. The molecule has 0 bridgehead atoms. The summed E-state index contributed by atoms with van der Waals surface area (Å²) in [4.78, 5) is 4.99. The molecule has 7 rings (SSSR count). The summed E-state index contributed by atoms with van der Waals surface area (Å²) in [6, 6.07) is 56.9. The van der Waals surface area contributed by atoms with E-state index in [1.54, 1.807) is 0 Å². The van der Waals surface area contributed by atoms with Crippen LogP contribution in [0.3, 0.4) is 0 Å². The molecular formula is C46H40N4. The van der Waals surface area contributed by atoms with E-state index < -0.39 is 0 Å². The molecule has 4 nitrogen and oxygen atoms in total. The minimum Gasteiger partial charge on any atom is -0.398 e. The Labute approximate surface area is 294 Å². The first-order valence-electron chi connectivity index (χ1n) is 17.0. The Kier molecular flexibility index (Phi) is 9.63. The molecule has 50 heavy (non-hydrogen) atoms. The monoisotopic (exact) mass is 648 g/mol. The van der Waals surface area contributed by atoms with Crippen LogP contribution < -0.4 is 16.8 Å². The van der Waals surface area contributed by atoms with E-state index in [0.29, 0.717) is 6.54 Å². The number of aliphatic imine (C=N–C) groups is 1. The zero-order valence-corrected chi connectivity index (χ0v) is 28.1. The van der Waals surface area contributed by atoms with E-state index in [-0.39, 0.29) is 6.17 Å². The van der Waals surface area contributed by atoms with Crippen molar-refractivity contribution in [1.82, 2.24) is 5.32 Å². The lowest BCUT2D eigenvalue weighted by Crippen LogP contribution is -2.34. The maximum Gasteiger partial charge on any atom is 0.130 e. The Hall–Kier alpha value is -6.23. The molecule has 1 atom stereocenters. The van der Waals surface area contributed by atoms with Gasteiger partial charge in [-0.25, -0.2) is 0 Å². The van der Waals surface area contributed by atoms with Crippen molar-refractivity contribution in [1.29, 1.82) is 0 Å². The third kappa shape index (κ3) is 6.98. The van der Waals surface area contributed by atoms with Gasteiger partial charge >= 0.3 is 0 Å². The lowest BCUT2D eigenvalue weighted by Gasteiger charge is -2.18. The summed E-state index contributed by atoms with van der Waals surface area (Å²) < 4.78 is 0. The first kappa shape index (κ1) is 32.3. The van der Waals surface area contributed by atoms with Crippen LogP contribution in [0.5, 0.6) is 0 Å².